The van der Waals surface area contributed by atoms with Crippen LogP contribution < -0.4 is 10.1 Å². The normalized spacial score (nSPS) is 15.2. The summed E-state index contributed by atoms with van der Waals surface area (Å²) in [5.74, 6) is 0.137. The molecule has 0 unspecified atom stereocenters. The molecule has 2 aromatic heterocycles. The van der Waals surface area contributed by atoms with Gasteiger partial charge in [-0.2, -0.15) is 0 Å². The van der Waals surface area contributed by atoms with Gasteiger partial charge < -0.3 is 25.0 Å². The summed E-state index contributed by atoms with van der Waals surface area (Å²) in [4.78, 5) is 26.2. The Balaban J connectivity index is 1.49. The third kappa shape index (κ3) is 4.96. The van der Waals surface area contributed by atoms with Gasteiger partial charge in [-0.3, -0.25) is 0 Å². The summed E-state index contributed by atoms with van der Waals surface area (Å²) in [6, 6.07) is 5.02. The van der Waals surface area contributed by atoms with Crippen molar-refractivity contribution in [3.8, 4) is 16.3 Å². The van der Waals surface area contributed by atoms with Gasteiger partial charge in [-0.1, -0.05) is 11.6 Å². The lowest BCUT2D eigenvalue weighted by atomic mass is 10.1. The van der Waals surface area contributed by atoms with Crippen molar-refractivity contribution < 1.29 is 14.6 Å². The first kappa shape index (κ1) is 22.7. The first-order chi connectivity index (χ1) is 15.5. The molecule has 1 saturated heterocycles. The number of thiophene rings is 1. The molecule has 1 fully saturated rings. The molecule has 0 radical (unpaired) electrons. The van der Waals surface area contributed by atoms with Crippen LogP contribution >= 0.6 is 22.9 Å². The van der Waals surface area contributed by atoms with Crippen LogP contribution in [0.1, 0.15) is 16.8 Å². The van der Waals surface area contributed by atoms with Crippen LogP contribution in [0.25, 0.3) is 20.7 Å². The van der Waals surface area contributed by atoms with E-state index in [1.165, 1.54) is 11.3 Å². The minimum atomic E-state index is -0.988. The molecule has 170 valence electrons. The van der Waals surface area contributed by atoms with E-state index >= 15 is 0 Å². The number of nitrogens with zero attached hydrogens (tertiary/aromatic N) is 4. The predicted octanol–water partition coefficient (Wildman–Crippen LogP) is 3.77. The molecule has 2 N–H and O–H groups in total. The number of carbonyl (C=O) groups is 1. The molecule has 0 spiro atoms. The smallest absolute Gasteiger partial charge is 0.336 e. The number of hydrogen-bond donors (Lipinski definition) is 2. The lowest BCUT2D eigenvalue weighted by Crippen LogP contribution is -2.44. The second kappa shape index (κ2) is 9.99. The number of aromatic carboxylic acids is 1. The standard InChI is InChI=1S/C22H26ClN5O3S/c1-27-8-10-28(11-9-27)7-3-6-24-22-25-13-16(23)19(26-22)18-12-15-14(21(29)30)4-5-17(31-2)20(15)32-18/h4-5,12-13H,3,6-11H2,1-2H3,(H,29,30)(H,24,25,26). The lowest BCUT2D eigenvalue weighted by molar-refractivity contribution is 0.0699. The van der Waals surface area contributed by atoms with E-state index in [9.17, 15) is 9.90 Å². The highest BCUT2D eigenvalue weighted by Gasteiger charge is 2.19. The third-order valence-corrected chi connectivity index (χ3v) is 7.04. The molecular formula is C22H26ClN5O3S. The van der Waals surface area contributed by atoms with Gasteiger partial charge in [-0.25, -0.2) is 14.8 Å². The minimum Gasteiger partial charge on any atom is -0.495 e. The maximum Gasteiger partial charge on any atom is 0.336 e. The highest BCUT2D eigenvalue weighted by atomic mass is 35.5. The monoisotopic (exact) mass is 475 g/mol. The number of likely N-dealkylation sites (N-methyl/N-ethyl adjacent to an activating group) is 1. The largest absolute Gasteiger partial charge is 0.495 e. The van der Waals surface area contributed by atoms with Gasteiger partial charge in [0, 0.05) is 38.1 Å². The molecule has 3 aromatic rings. The summed E-state index contributed by atoms with van der Waals surface area (Å²) >= 11 is 7.81. The Morgan fingerprint density at radius 3 is 2.81 bits per heavy atom. The van der Waals surface area contributed by atoms with Crippen molar-refractivity contribution in [3.05, 3.63) is 35.0 Å². The number of anilines is 1. The highest BCUT2D eigenvalue weighted by Crippen LogP contribution is 2.41. The average molecular weight is 476 g/mol. The van der Waals surface area contributed by atoms with Crippen molar-refractivity contribution in [3.63, 3.8) is 0 Å². The number of ether oxygens (including phenoxy) is 1. The summed E-state index contributed by atoms with van der Waals surface area (Å²) < 4.78 is 6.17. The van der Waals surface area contributed by atoms with Gasteiger partial charge in [0.25, 0.3) is 0 Å². The zero-order valence-corrected chi connectivity index (χ0v) is 19.7. The van der Waals surface area contributed by atoms with E-state index in [1.807, 2.05) is 0 Å². The molecule has 0 atom stereocenters. The average Bonchev–Trinajstić information content (AvgIpc) is 3.23. The second-order valence-electron chi connectivity index (χ2n) is 7.79. The molecule has 32 heavy (non-hydrogen) atoms. The molecule has 1 aromatic carbocycles. The van der Waals surface area contributed by atoms with Crippen molar-refractivity contribution >= 4 is 44.9 Å². The number of rotatable bonds is 8. The van der Waals surface area contributed by atoms with Crippen LogP contribution in [0.2, 0.25) is 5.02 Å². The minimum absolute atomic E-state index is 0.218. The fraction of sp³-hybridized carbons (Fsp3) is 0.409. The Hall–Kier alpha value is -2.46. The highest BCUT2D eigenvalue weighted by molar-refractivity contribution is 7.22. The summed E-state index contributed by atoms with van der Waals surface area (Å²) in [6.45, 7) is 6.23. The molecule has 4 rings (SSSR count). The van der Waals surface area contributed by atoms with Crippen LogP contribution in [0.5, 0.6) is 5.75 Å². The number of benzene rings is 1. The summed E-state index contributed by atoms with van der Waals surface area (Å²) in [7, 11) is 3.72. The zero-order chi connectivity index (χ0) is 22.7. The van der Waals surface area contributed by atoms with E-state index < -0.39 is 5.97 Å². The SMILES string of the molecule is COc1ccc(C(=O)O)c2cc(-c3nc(NCCCN4CCN(C)CC4)ncc3Cl)sc12. The molecule has 8 nitrogen and oxygen atoms in total. The van der Waals surface area contributed by atoms with Gasteiger partial charge in [-0.05, 0) is 38.2 Å². The van der Waals surface area contributed by atoms with E-state index in [1.54, 1.807) is 31.5 Å². The zero-order valence-electron chi connectivity index (χ0n) is 18.1. The number of carboxylic acid groups (broad SMARTS) is 1. The molecule has 0 bridgehead atoms. The molecule has 0 saturated carbocycles. The number of nitrogens with one attached hydrogen (secondary N) is 1. The maximum absolute atomic E-state index is 11.7. The molecule has 0 amide bonds. The van der Waals surface area contributed by atoms with Crippen molar-refractivity contribution in [2.24, 2.45) is 0 Å². The van der Waals surface area contributed by atoms with Crippen molar-refractivity contribution in [1.29, 1.82) is 0 Å². The number of aromatic nitrogens is 2. The predicted molar refractivity (Wildman–Crippen MR) is 128 cm³/mol. The van der Waals surface area contributed by atoms with E-state index in [4.69, 9.17) is 16.3 Å². The van der Waals surface area contributed by atoms with Crippen molar-refractivity contribution in [1.82, 2.24) is 19.8 Å². The first-order valence-corrected chi connectivity index (χ1v) is 11.7. The molecule has 0 aliphatic carbocycles. The van der Waals surface area contributed by atoms with E-state index in [-0.39, 0.29) is 5.56 Å². The first-order valence-electron chi connectivity index (χ1n) is 10.5. The summed E-state index contributed by atoms with van der Waals surface area (Å²) in [5.41, 5.74) is 0.790. The number of hydrogen-bond acceptors (Lipinski definition) is 8. The van der Waals surface area contributed by atoms with E-state index in [0.29, 0.717) is 27.8 Å². The topological polar surface area (TPSA) is 90.8 Å². The summed E-state index contributed by atoms with van der Waals surface area (Å²) in [6.07, 6.45) is 2.57. The van der Waals surface area contributed by atoms with Gasteiger partial charge in [0.05, 0.1) is 33.5 Å². The van der Waals surface area contributed by atoms with Gasteiger partial charge in [0.15, 0.2) is 0 Å². The fourth-order valence-corrected chi connectivity index (χ4v) is 5.19. The molecule has 1 aliphatic rings. The van der Waals surface area contributed by atoms with E-state index in [0.717, 1.165) is 55.3 Å². The van der Waals surface area contributed by atoms with Crippen molar-refractivity contribution in [2.45, 2.75) is 6.42 Å². The Morgan fingerprint density at radius 1 is 1.31 bits per heavy atom. The van der Waals surface area contributed by atoms with Gasteiger partial charge in [0.2, 0.25) is 5.95 Å². The lowest BCUT2D eigenvalue weighted by Gasteiger charge is -2.32. The Kier molecular flexibility index (Phi) is 7.10. The number of piperazine rings is 1. The fourth-order valence-electron chi connectivity index (χ4n) is 3.76. The quantitative estimate of drug-likeness (QED) is 0.476. The van der Waals surface area contributed by atoms with Crippen LogP contribution in [0.15, 0.2) is 24.4 Å². The van der Waals surface area contributed by atoms with Crippen molar-refractivity contribution in [2.75, 3.05) is 58.7 Å². The molecule has 3 heterocycles. The summed E-state index contributed by atoms with van der Waals surface area (Å²) in [5, 5.41) is 13.9. The van der Waals surface area contributed by atoms with Crippen LogP contribution in [0.3, 0.4) is 0 Å². The van der Waals surface area contributed by atoms with Gasteiger partial charge in [-0.15, -0.1) is 11.3 Å². The van der Waals surface area contributed by atoms with Crippen LogP contribution in [0, 0.1) is 0 Å². The maximum atomic E-state index is 11.7. The number of carboxylic acids is 1. The van der Waals surface area contributed by atoms with Gasteiger partial charge >= 0.3 is 5.97 Å². The Labute approximate surface area is 195 Å². The van der Waals surface area contributed by atoms with E-state index in [2.05, 4.69) is 32.1 Å². The van der Waals surface area contributed by atoms with Crippen LogP contribution in [-0.2, 0) is 0 Å². The number of fused-ring (bicyclic) bond motifs is 1. The number of halogens is 1. The van der Waals surface area contributed by atoms with Crippen LogP contribution in [0.4, 0.5) is 5.95 Å². The molecule has 10 heteroatoms. The molecule has 1 aliphatic heterocycles. The Morgan fingerprint density at radius 2 is 2.09 bits per heavy atom. The van der Waals surface area contributed by atoms with Gasteiger partial charge in [0.1, 0.15) is 11.4 Å². The Bertz CT molecular complexity index is 1110. The van der Waals surface area contributed by atoms with Crippen LogP contribution in [-0.4, -0.2) is 84.3 Å². The molecular weight excluding hydrogens is 450 g/mol. The number of methoxy groups -OCH3 is 1. The third-order valence-electron chi connectivity index (χ3n) is 5.61. The second-order valence-corrected chi connectivity index (χ2v) is 9.25.